The molecule has 3 aromatic rings. The molecular weight excluding hydrogens is 374 g/mol. The van der Waals surface area contributed by atoms with E-state index >= 15 is 0 Å². The van der Waals surface area contributed by atoms with Gasteiger partial charge in [0.15, 0.2) is 0 Å². The molecule has 1 aliphatic heterocycles. The molecule has 4 rings (SSSR count). The van der Waals surface area contributed by atoms with Crippen LogP contribution >= 0.6 is 11.3 Å². The third-order valence-corrected chi connectivity index (χ3v) is 6.21. The topological polar surface area (TPSA) is 75.6 Å². The monoisotopic (exact) mass is 393 g/mol. The Morgan fingerprint density at radius 3 is 2.61 bits per heavy atom. The van der Waals surface area contributed by atoms with Crippen LogP contribution in [0.1, 0.15) is 38.0 Å². The van der Waals surface area contributed by atoms with Crippen LogP contribution in [0.15, 0.2) is 48.5 Å². The largest absolute Gasteiger partial charge is 0.497 e. The Morgan fingerprint density at radius 1 is 1.21 bits per heavy atom. The highest BCUT2D eigenvalue weighted by Gasteiger charge is 2.34. The van der Waals surface area contributed by atoms with Crippen LogP contribution < -0.4 is 10.1 Å². The molecule has 0 radical (unpaired) electrons. The number of fused-ring (bicyclic) bond motifs is 1. The van der Waals surface area contributed by atoms with Crippen molar-refractivity contribution in [3.63, 3.8) is 0 Å². The van der Waals surface area contributed by atoms with Crippen LogP contribution in [0.2, 0.25) is 0 Å². The highest BCUT2D eigenvalue weighted by molar-refractivity contribution is 7.15. The number of carbonyl (C=O) groups excluding carboxylic acids is 1. The zero-order valence-corrected chi connectivity index (χ0v) is 16.3. The van der Waals surface area contributed by atoms with Crippen molar-refractivity contribution in [2.45, 2.75) is 19.3 Å². The number of nitrogens with one attached hydrogen (secondary N) is 1. The number of carboxylic acids is 1. The predicted octanol–water partition coefficient (Wildman–Crippen LogP) is 4.90. The van der Waals surface area contributed by atoms with Crippen molar-refractivity contribution in [1.29, 1.82) is 0 Å². The Kier molecular flexibility index (Phi) is 4.65. The van der Waals surface area contributed by atoms with Crippen molar-refractivity contribution in [2.75, 3.05) is 12.4 Å². The quantitative estimate of drug-likeness (QED) is 0.661. The van der Waals surface area contributed by atoms with E-state index in [-0.39, 0.29) is 16.7 Å². The summed E-state index contributed by atoms with van der Waals surface area (Å²) in [6.07, 6.45) is 0.304. The zero-order valence-electron chi connectivity index (χ0n) is 15.5. The van der Waals surface area contributed by atoms with Gasteiger partial charge in [-0.25, -0.2) is 4.79 Å². The van der Waals surface area contributed by atoms with Gasteiger partial charge in [-0.3, -0.25) is 4.79 Å². The summed E-state index contributed by atoms with van der Waals surface area (Å²) < 4.78 is 5.20. The lowest BCUT2D eigenvalue weighted by atomic mass is 9.88. The first-order valence-electron chi connectivity index (χ1n) is 8.88. The Morgan fingerprint density at radius 2 is 1.96 bits per heavy atom. The van der Waals surface area contributed by atoms with E-state index in [1.807, 2.05) is 37.3 Å². The molecule has 5 nitrogen and oxygen atoms in total. The Labute approximate surface area is 166 Å². The SMILES string of the molecule is COc1ccc(-c2c(C(=O)O)sc3c2NC(=O)C[C@H]3c2cccc(C)c2)cc1. The van der Waals surface area contributed by atoms with Crippen molar-refractivity contribution >= 4 is 28.9 Å². The number of amides is 1. The lowest BCUT2D eigenvalue weighted by Crippen LogP contribution is -2.22. The van der Waals surface area contributed by atoms with Gasteiger partial charge >= 0.3 is 5.97 Å². The molecule has 0 saturated carbocycles. The first-order chi connectivity index (χ1) is 13.5. The fourth-order valence-electron chi connectivity index (χ4n) is 3.63. The molecule has 28 heavy (non-hydrogen) atoms. The molecule has 0 spiro atoms. The van der Waals surface area contributed by atoms with Crippen LogP contribution in [0.5, 0.6) is 5.75 Å². The molecule has 0 aliphatic carbocycles. The summed E-state index contributed by atoms with van der Waals surface area (Å²) in [5.74, 6) is -0.573. The molecule has 1 aromatic heterocycles. The molecule has 2 aromatic carbocycles. The number of carbonyl (C=O) groups is 2. The predicted molar refractivity (Wildman–Crippen MR) is 110 cm³/mol. The van der Waals surface area contributed by atoms with Crippen molar-refractivity contribution in [1.82, 2.24) is 0 Å². The van der Waals surface area contributed by atoms with E-state index in [4.69, 9.17) is 4.74 Å². The number of methoxy groups -OCH3 is 1. The minimum Gasteiger partial charge on any atom is -0.497 e. The molecular formula is C22H19NO4S. The van der Waals surface area contributed by atoms with Crippen molar-refractivity contribution in [3.8, 4) is 16.9 Å². The van der Waals surface area contributed by atoms with E-state index in [1.54, 1.807) is 19.2 Å². The van der Waals surface area contributed by atoms with Gasteiger partial charge in [0.05, 0.1) is 12.8 Å². The maximum Gasteiger partial charge on any atom is 0.346 e. The van der Waals surface area contributed by atoms with E-state index in [0.29, 0.717) is 23.4 Å². The Balaban J connectivity index is 1.91. The smallest absolute Gasteiger partial charge is 0.346 e. The summed E-state index contributed by atoms with van der Waals surface area (Å²) in [5.41, 5.74) is 4.03. The number of rotatable bonds is 4. The number of hydrogen-bond donors (Lipinski definition) is 2. The fraction of sp³-hybridized carbons (Fsp3) is 0.182. The van der Waals surface area contributed by atoms with Gasteiger partial charge in [0.2, 0.25) is 5.91 Å². The number of hydrogen-bond acceptors (Lipinski definition) is 4. The van der Waals surface area contributed by atoms with Crippen molar-refractivity contribution < 1.29 is 19.4 Å². The Bertz CT molecular complexity index is 1070. The number of ether oxygens (including phenoxy) is 1. The summed E-state index contributed by atoms with van der Waals surface area (Å²) in [4.78, 5) is 25.6. The first-order valence-corrected chi connectivity index (χ1v) is 9.70. The second-order valence-corrected chi connectivity index (χ2v) is 7.85. The standard InChI is InChI=1S/C22H19NO4S/c1-12-4-3-5-14(10-12)16-11-17(24)23-19-18(21(22(25)26)28-20(16)19)13-6-8-15(27-2)9-7-13/h3-10,16H,11H2,1-2H3,(H,23,24)(H,25,26)/t16-/m0/s1. The highest BCUT2D eigenvalue weighted by Crippen LogP contribution is 2.49. The number of carboxylic acid groups (broad SMARTS) is 1. The van der Waals surface area contributed by atoms with Crippen LogP contribution in [0.25, 0.3) is 11.1 Å². The lowest BCUT2D eigenvalue weighted by molar-refractivity contribution is -0.116. The average molecular weight is 393 g/mol. The van der Waals surface area contributed by atoms with Gasteiger partial charge in [0, 0.05) is 22.8 Å². The van der Waals surface area contributed by atoms with Gasteiger partial charge in [0.1, 0.15) is 10.6 Å². The van der Waals surface area contributed by atoms with Crippen LogP contribution in [-0.2, 0) is 4.79 Å². The molecule has 2 N–H and O–H groups in total. The summed E-state index contributed by atoms with van der Waals surface area (Å²) >= 11 is 1.24. The minimum atomic E-state index is -0.998. The van der Waals surface area contributed by atoms with Gasteiger partial charge in [-0.05, 0) is 30.2 Å². The van der Waals surface area contributed by atoms with E-state index in [9.17, 15) is 14.7 Å². The maximum atomic E-state index is 12.5. The number of anilines is 1. The first kappa shape index (κ1) is 18.3. The van der Waals surface area contributed by atoms with Gasteiger partial charge < -0.3 is 15.2 Å². The molecule has 1 aliphatic rings. The molecule has 0 bridgehead atoms. The van der Waals surface area contributed by atoms with Gasteiger partial charge in [-0.2, -0.15) is 0 Å². The van der Waals surface area contributed by atoms with E-state index in [0.717, 1.165) is 21.6 Å². The Hall–Kier alpha value is -3.12. The molecule has 1 atom stereocenters. The molecule has 142 valence electrons. The number of thiophene rings is 1. The summed E-state index contributed by atoms with van der Waals surface area (Å²) in [5, 5.41) is 12.7. The molecule has 6 heteroatoms. The average Bonchev–Trinajstić information content (AvgIpc) is 3.07. The van der Waals surface area contributed by atoms with Crippen molar-refractivity contribution in [2.24, 2.45) is 0 Å². The van der Waals surface area contributed by atoms with Gasteiger partial charge in [-0.15, -0.1) is 11.3 Å². The zero-order chi connectivity index (χ0) is 19.8. The molecule has 1 amide bonds. The normalized spacial score (nSPS) is 15.6. The van der Waals surface area contributed by atoms with E-state index in [1.165, 1.54) is 11.3 Å². The second kappa shape index (κ2) is 7.13. The van der Waals surface area contributed by atoms with Crippen LogP contribution in [-0.4, -0.2) is 24.1 Å². The van der Waals surface area contributed by atoms with Gasteiger partial charge in [-0.1, -0.05) is 42.0 Å². The molecule has 0 unspecified atom stereocenters. The van der Waals surface area contributed by atoms with Gasteiger partial charge in [0.25, 0.3) is 0 Å². The van der Waals surface area contributed by atoms with E-state index in [2.05, 4.69) is 11.4 Å². The number of aromatic carboxylic acids is 1. The highest BCUT2D eigenvalue weighted by atomic mass is 32.1. The fourth-order valence-corrected chi connectivity index (χ4v) is 4.87. The third kappa shape index (κ3) is 3.16. The third-order valence-electron chi connectivity index (χ3n) is 4.92. The summed E-state index contributed by atoms with van der Waals surface area (Å²) in [7, 11) is 1.58. The van der Waals surface area contributed by atoms with E-state index < -0.39 is 5.97 Å². The molecule has 2 heterocycles. The second-order valence-electron chi connectivity index (χ2n) is 6.80. The maximum absolute atomic E-state index is 12.5. The summed E-state index contributed by atoms with van der Waals surface area (Å²) in [6, 6.07) is 15.2. The van der Waals surface area contributed by atoms with Crippen LogP contribution in [0.3, 0.4) is 0 Å². The van der Waals surface area contributed by atoms with Crippen LogP contribution in [0, 0.1) is 6.92 Å². The number of benzene rings is 2. The van der Waals surface area contributed by atoms with Crippen molar-refractivity contribution in [3.05, 3.63) is 69.4 Å². The number of aryl methyl sites for hydroxylation is 1. The lowest BCUT2D eigenvalue weighted by Gasteiger charge is -2.24. The molecule has 0 fully saturated rings. The molecule has 0 saturated heterocycles. The summed E-state index contributed by atoms with van der Waals surface area (Å²) in [6.45, 7) is 2.01. The van der Waals surface area contributed by atoms with Crippen LogP contribution in [0.4, 0.5) is 5.69 Å². The minimum absolute atomic E-state index is 0.108.